The molecule has 1 saturated heterocycles. The molecule has 0 bridgehead atoms. The molecule has 0 amide bonds. The third-order valence-corrected chi connectivity index (χ3v) is 4.59. The average Bonchev–Trinajstić information content (AvgIpc) is 3.02. The van der Waals surface area contributed by atoms with E-state index in [1.165, 1.54) is 10.9 Å². The van der Waals surface area contributed by atoms with Gasteiger partial charge >= 0.3 is 0 Å². The van der Waals surface area contributed by atoms with Crippen molar-refractivity contribution in [3.8, 4) is 5.75 Å². The number of nitrogens with two attached hydrogens (primary N) is 1. The molecule has 0 saturated carbocycles. The predicted octanol–water partition coefficient (Wildman–Crippen LogP) is 3.46. The van der Waals surface area contributed by atoms with Gasteiger partial charge < -0.3 is 15.2 Å². The van der Waals surface area contributed by atoms with Crippen LogP contribution >= 0.6 is 0 Å². The summed E-state index contributed by atoms with van der Waals surface area (Å²) in [7, 11) is 1.72. The van der Waals surface area contributed by atoms with Gasteiger partial charge in [0.15, 0.2) is 0 Å². The minimum Gasteiger partial charge on any atom is -0.496 e. The summed E-state index contributed by atoms with van der Waals surface area (Å²) < 4.78 is 11.6. The van der Waals surface area contributed by atoms with Crippen molar-refractivity contribution in [2.75, 3.05) is 13.7 Å². The summed E-state index contributed by atoms with van der Waals surface area (Å²) in [5.41, 5.74) is 7.05. The quantitative estimate of drug-likeness (QED) is 0.935. The lowest BCUT2D eigenvalue weighted by molar-refractivity contribution is 0.0376. The molecule has 3 atom stereocenters. The van der Waals surface area contributed by atoms with Crippen LogP contribution in [-0.2, 0) is 4.74 Å². The van der Waals surface area contributed by atoms with Gasteiger partial charge in [-0.25, -0.2) is 0 Å². The van der Waals surface area contributed by atoms with Crippen LogP contribution in [-0.4, -0.2) is 25.9 Å². The van der Waals surface area contributed by atoms with Gasteiger partial charge in [-0.1, -0.05) is 37.3 Å². The maximum absolute atomic E-state index is 6.08. The first-order valence-electron chi connectivity index (χ1n) is 7.65. The number of benzene rings is 2. The number of rotatable bonds is 4. The fraction of sp³-hybridized carbons (Fsp3) is 0.444. The third kappa shape index (κ3) is 2.63. The van der Waals surface area contributed by atoms with Crippen LogP contribution in [0.4, 0.5) is 0 Å². The van der Waals surface area contributed by atoms with Gasteiger partial charge in [0, 0.05) is 17.8 Å². The second-order valence-electron chi connectivity index (χ2n) is 5.80. The number of fused-ring (bicyclic) bond motifs is 1. The molecule has 0 spiro atoms. The molecule has 2 aromatic rings. The number of hydrogen-bond acceptors (Lipinski definition) is 3. The van der Waals surface area contributed by atoms with E-state index < -0.39 is 0 Å². The van der Waals surface area contributed by atoms with E-state index in [2.05, 4.69) is 43.3 Å². The van der Waals surface area contributed by atoms with Crippen LogP contribution in [0.15, 0.2) is 36.4 Å². The Hall–Kier alpha value is -1.58. The molecule has 1 fully saturated rings. The molecule has 112 valence electrons. The molecular weight excluding hydrogens is 262 g/mol. The normalized spacial score (nSPS) is 23.4. The molecular formula is C18H23NO2. The molecule has 1 heterocycles. The summed E-state index contributed by atoms with van der Waals surface area (Å²) in [5.74, 6) is 1.28. The average molecular weight is 285 g/mol. The van der Waals surface area contributed by atoms with Crippen molar-refractivity contribution in [1.82, 2.24) is 0 Å². The van der Waals surface area contributed by atoms with E-state index in [9.17, 15) is 0 Å². The molecule has 1 aliphatic rings. The third-order valence-electron chi connectivity index (χ3n) is 4.59. The van der Waals surface area contributed by atoms with E-state index in [-0.39, 0.29) is 12.2 Å². The molecule has 3 rings (SSSR count). The van der Waals surface area contributed by atoms with E-state index in [1.54, 1.807) is 7.11 Å². The zero-order valence-electron chi connectivity index (χ0n) is 12.7. The van der Waals surface area contributed by atoms with Gasteiger partial charge in [-0.05, 0) is 29.9 Å². The summed E-state index contributed by atoms with van der Waals surface area (Å²) in [6.45, 7) is 2.87. The Morgan fingerprint density at radius 1 is 1.19 bits per heavy atom. The molecule has 2 N–H and O–H groups in total. The zero-order valence-corrected chi connectivity index (χ0v) is 12.7. The lowest BCUT2D eigenvalue weighted by atomic mass is 9.89. The second kappa shape index (κ2) is 6.04. The Labute approximate surface area is 126 Å². The van der Waals surface area contributed by atoms with Crippen molar-refractivity contribution in [1.29, 1.82) is 0 Å². The highest BCUT2D eigenvalue weighted by Gasteiger charge is 2.30. The van der Waals surface area contributed by atoms with Gasteiger partial charge in [-0.15, -0.1) is 0 Å². The minimum absolute atomic E-state index is 0.224. The number of methoxy groups -OCH3 is 1. The summed E-state index contributed by atoms with van der Waals surface area (Å²) in [4.78, 5) is 0. The van der Waals surface area contributed by atoms with Crippen LogP contribution in [0.3, 0.4) is 0 Å². The fourth-order valence-corrected chi connectivity index (χ4v) is 3.34. The maximum atomic E-state index is 6.08. The molecule has 1 aliphatic heterocycles. The SMILES string of the molecule is COc1ccc(C(C)C2CCC(CN)O2)c2ccccc12. The molecule has 0 aliphatic carbocycles. The van der Waals surface area contributed by atoms with Gasteiger partial charge in [0.05, 0.1) is 19.3 Å². The molecule has 2 aromatic carbocycles. The Bertz CT molecular complexity index is 626. The van der Waals surface area contributed by atoms with Crippen LogP contribution in [0.25, 0.3) is 10.8 Å². The minimum atomic E-state index is 0.224. The first-order valence-corrected chi connectivity index (χ1v) is 7.65. The van der Waals surface area contributed by atoms with Crippen molar-refractivity contribution >= 4 is 10.8 Å². The van der Waals surface area contributed by atoms with E-state index in [0.29, 0.717) is 12.5 Å². The number of ether oxygens (including phenoxy) is 2. The monoisotopic (exact) mass is 285 g/mol. The summed E-state index contributed by atoms with van der Waals surface area (Å²) in [5, 5.41) is 2.42. The first-order chi connectivity index (χ1) is 10.2. The lowest BCUT2D eigenvalue weighted by Crippen LogP contribution is -2.23. The van der Waals surface area contributed by atoms with Gasteiger partial charge in [-0.3, -0.25) is 0 Å². The maximum Gasteiger partial charge on any atom is 0.126 e. The Morgan fingerprint density at radius 3 is 2.62 bits per heavy atom. The standard InChI is InChI=1S/C18H23NO2/c1-12(17-9-7-13(11-19)21-17)14-8-10-18(20-2)16-6-4-3-5-15(14)16/h3-6,8,10,12-13,17H,7,9,11,19H2,1-2H3. The summed E-state index contributed by atoms with van der Waals surface area (Å²) in [6.07, 6.45) is 2.64. The van der Waals surface area contributed by atoms with E-state index in [4.69, 9.17) is 15.2 Å². The lowest BCUT2D eigenvalue weighted by Gasteiger charge is -2.22. The largest absolute Gasteiger partial charge is 0.496 e. The van der Waals surface area contributed by atoms with Gasteiger partial charge in [0.1, 0.15) is 5.75 Å². The van der Waals surface area contributed by atoms with Gasteiger partial charge in [0.2, 0.25) is 0 Å². The molecule has 3 heteroatoms. The molecule has 0 aromatic heterocycles. The topological polar surface area (TPSA) is 44.5 Å². The van der Waals surface area contributed by atoms with Gasteiger partial charge in [0.25, 0.3) is 0 Å². The van der Waals surface area contributed by atoms with Crippen molar-refractivity contribution in [3.05, 3.63) is 42.0 Å². The molecule has 3 unspecified atom stereocenters. The van der Waals surface area contributed by atoms with E-state index in [1.807, 2.05) is 0 Å². The fourth-order valence-electron chi connectivity index (χ4n) is 3.34. The van der Waals surface area contributed by atoms with Crippen LogP contribution in [0.1, 0.15) is 31.2 Å². The first kappa shape index (κ1) is 14.4. The highest BCUT2D eigenvalue weighted by Crippen LogP contribution is 2.37. The highest BCUT2D eigenvalue weighted by atomic mass is 16.5. The van der Waals surface area contributed by atoms with Gasteiger partial charge in [-0.2, -0.15) is 0 Å². The van der Waals surface area contributed by atoms with E-state index in [0.717, 1.165) is 24.0 Å². The summed E-state index contributed by atoms with van der Waals surface area (Å²) in [6, 6.07) is 12.6. The molecule has 0 radical (unpaired) electrons. The van der Waals surface area contributed by atoms with Crippen LogP contribution in [0.5, 0.6) is 5.75 Å². The predicted molar refractivity (Wildman–Crippen MR) is 85.9 cm³/mol. The highest BCUT2D eigenvalue weighted by molar-refractivity contribution is 5.91. The van der Waals surface area contributed by atoms with Crippen molar-refractivity contribution in [3.63, 3.8) is 0 Å². The molecule has 21 heavy (non-hydrogen) atoms. The van der Waals surface area contributed by atoms with Crippen LogP contribution in [0, 0.1) is 0 Å². The van der Waals surface area contributed by atoms with E-state index >= 15 is 0 Å². The van der Waals surface area contributed by atoms with Crippen LogP contribution < -0.4 is 10.5 Å². The van der Waals surface area contributed by atoms with Crippen molar-refractivity contribution in [2.45, 2.75) is 37.9 Å². The zero-order chi connectivity index (χ0) is 14.8. The second-order valence-corrected chi connectivity index (χ2v) is 5.80. The smallest absolute Gasteiger partial charge is 0.126 e. The summed E-state index contributed by atoms with van der Waals surface area (Å²) >= 11 is 0. The van der Waals surface area contributed by atoms with Crippen LogP contribution in [0.2, 0.25) is 0 Å². The van der Waals surface area contributed by atoms with Crippen molar-refractivity contribution in [2.24, 2.45) is 5.73 Å². The molecule has 3 nitrogen and oxygen atoms in total. The Morgan fingerprint density at radius 2 is 1.95 bits per heavy atom. The number of hydrogen-bond donors (Lipinski definition) is 1. The Balaban J connectivity index is 1.97. The Kier molecular flexibility index (Phi) is 4.13. The van der Waals surface area contributed by atoms with Crippen molar-refractivity contribution < 1.29 is 9.47 Å².